The fourth-order valence-corrected chi connectivity index (χ4v) is 2.81. The van der Waals surface area contributed by atoms with Crippen LogP contribution < -0.4 is 10.1 Å². The molecular formula is C22H26N2O4. The molecule has 0 atom stereocenters. The minimum atomic E-state index is -0.206. The third-order valence-electron chi connectivity index (χ3n) is 4.39. The van der Waals surface area contributed by atoms with Gasteiger partial charge in [0.05, 0.1) is 19.8 Å². The molecule has 1 fully saturated rings. The van der Waals surface area contributed by atoms with Crippen molar-refractivity contribution in [2.75, 3.05) is 38.2 Å². The quantitative estimate of drug-likeness (QED) is 0.831. The van der Waals surface area contributed by atoms with Crippen molar-refractivity contribution in [1.82, 2.24) is 4.90 Å². The van der Waals surface area contributed by atoms with Gasteiger partial charge in [-0.25, -0.2) is 0 Å². The number of nitrogens with zero attached hydrogens (tertiary/aromatic N) is 1. The van der Waals surface area contributed by atoms with Crippen molar-refractivity contribution in [3.8, 4) is 5.75 Å². The summed E-state index contributed by atoms with van der Waals surface area (Å²) in [5.41, 5.74) is 1.79. The minimum Gasteiger partial charge on any atom is -0.493 e. The smallest absolute Gasteiger partial charge is 0.255 e. The number of benzene rings is 2. The molecule has 2 aromatic rings. The topological polar surface area (TPSA) is 67.9 Å². The number of carbonyl (C=O) groups is 2. The molecule has 1 aliphatic heterocycles. The SMILES string of the molecule is CC(C)COc1ccc(C(=O)Nc2ccc(C(=O)N3CCOCC3)cc2)cc1. The lowest BCUT2D eigenvalue weighted by Crippen LogP contribution is -2.40. The summed E-state index contributed by atoms with van der Waals surface area (Å²) in [5.74, 6) is 0.970. The van der Waals surface area contributed by atoms with Crippen molar-refractivity contribution in [2.45, 2.75) is 13.8 Å². The molecule has 6 nitrogen and oxygen atoms in total. The number of rotatable bonds is 6. The molecule has 6 heteroatoms. The molecule has 3 rings (SSSR count). The highest BCUT2D eigenvalue weighted by atomic mass is 16.5. The average molecular weight is 382 g/mol. The van der Waals surface area contributed by atoms with Gasteiger partial charge in [-0.15, -0.1) is 0 Å². The highest BCUT2D eigenvalue weighted by Gasteiger charge is 2.18. The van der Waals surface area contributed by atoms with Crippen molar-refractivity contribution in [3.05, 3.63) is 59.7 Å². The molecule has 2 amide bonds. The molecule has 0 radical (unpaired) electrons. The predicted molar refractivity (Wildman–Crippen MR) is 108 cm³/mol. The van der Waals surface area contributed by atoms with E-state index in [0.717, 1.165) is 5.75 Å². The zero-order valence-electron chi connectivity index (χ0n) is 16.3. The lowest BCUT2D eigenvalue weighted by molar-refractivity contribution is 0.0303. The molecule has 1 N–H and O–H groups in total. The minimum absolute atomic E-state index is 0.0156. The van der Waals surface area contributed by atoms with Gasteiger partial charge in [-0.2, -0.15) is 0 Å². The molecule has 1 saturated heterocycles. The number of morpholine rings is 1. The van der Waals surface area contributed by atoms with Crippen molar-refractivity contribution in [3.63, 3.8) is 0 Å². The van der Waals surface area contributed by atoms with Crippen LogP contribution in [0.25, 0.3) is 0 Å². The van der Waals surface area contributed by atoms with Crippen molar-refractivity contribution in [1.29, 1.82) is 0 Å². The molecule has 148 valence electrons. The fourth-order valence-electron chi connectivity index (χ4n) is 2.81. The Balaban J connectivity index is 1.57. The third-order valence-corrected chi connectivity index (χ3v) is 4.39. The Bertz CT molecular complexity index is 794. The summed E-state index contributed by atoms with van der Waals surface area (Å²) in [6.45, 7) is 7.16. The van der Waals surface area contributed by atoms with Crippen LogP contribution in [0.15, 0.2) is 48.5 Å². The normalized spacial score (nSPS) is 14.0. The van der Waals surface area contributed by atoms with Gasteiger partial charge >= 0.3 is 0 Å². The summed E-state index contributed by atoms with van der Waals surface area (Å²) in [7, 11) is 0. The van der Waals surface area contributed by atoms with Gasteiger partial charge in [-0.1, -0.05) is 13.8 Å². The van der Waals surface area contributed by atoms with Gasteiger partial charge in [-0.05, 0) is 54.4 Å². The van der Waals surface area contributed by atoms with Gasteiger partial charge in [0, 0.05) is 29.9 Å². The number of nitrogens with one attached hydrogen (secondary N) is 1. The van der Waals surface area contributed by atoms with E-state index in [2.05, 4.69) is 19.2 Å². The van der Waals surface area contributed by atoms with E-state index in [1.807, 2.05) is 0 Å². The second-order valence-electron chi connectivity index (χ2n) is 7.17. The number of carbonyl (C=O) groups excluding carboxylic acids is 2. The molecule has 0 saturated carbocycles. The summed E-state index contributed by atoms with van der Waals surface area (Å²) in [5, 5.41) is 2.85. The van der Waals surface area contributed by atoms with Crippen LogP contribution in [0, 0.1) is 5.92 Å². The van der Waals surface area contributed by atoms with Crippen molar-refractivity contribution >= 4 is 17.5 Å². The lowest BCUT2D eigenvalue weighted by atomic mass is 10.1. The molecule has 0 spiro atoms. The maximum atomic E-state index is 12.5. The summed E-state index contributed by atoms with van der Waals surface area (Å²) in [6, 6.07) is 14.0. The second kappa shape index (κ2) is 9.37. The summed E-state index contributed by atoms with van der Waals surface area (Å²) in [4.78, 5) is 26.6. The molecule has 0 aliphatic carbocycles. The molecule has 2 aromatic carbocycles. The maximum Gasteiger partial charge on any atom is 0.255 e. The Morgan fingerprint density at radius 2 is 1.61 bits per heavy atom. The maximum absolute atomic E-state index is 12.5. The predicted octanol–water partition coefficient (Wildman–Crippen LogP) is 3.45. The standard InChI is InChI=1S/C22H26N2O4/c1-16(2)15-28-20-9-5-17(6-10-20)21(25)23-19-7-3-18(4-8-19)22(26)24-11-13-27-14-12-24/h3-10,16H,11-15H2,1-2H3,(H,23,25). The van der Waals surface area contributed by atoms with E-state index in [0.29, 0.717) is 55.6 Å². The largest absolute Gasteiger partial charge is 0.493 e. The van der Waals surface area contributed by atoms with Crippen LogP contribution >= 0.6 is 0 Å². The van der Waals surface area contributed by atoms with Crippen LogP contribution in [-0.4, -0.2) is 49.6 Å². The summed E-state index contributed by atoms with van der Waals surface area (Å²) < 4.78 is 10.9. The van der Waals surface area contributed by atoms with Gasteiger partial charge in [0.1, 0.15) is 5.75 Å². The van der Waals surface area contributed by atoms with Crippen LogP contribution in [0.2, 0.25) is 0 Å². The Hall–Kier alpha value is -2.86. The number of amides is 2. The van der Waals surface area contributed by atoms with Gasteiger partial charge in [0.25, 0.3) is 11.8 Å². The average Bonchev–Trinajstić information content (AvgIpc) is 2.73. The van der Waals surface area contributed by atoms with Crippen molar-refractivity contribution < 1.29 is 19.1 Å². The van der Waals surface area contributed by atoms with E-state index in [9.17, 15) is 9.59 Å². The van der Waals surface area contributed by atoms with Gasteiger partial charge in [0.15, 0.2) is 0 Å². The molecule has 1 aliphatic rings. The number of anilines is 1. The highest BCUT2D eigenvalue weighted by molar-refractivity contribution is 6.04. The first-order valence-electron chi connectivity index (χ1n) is 9.54. The molecule has 28 heavy (non-hydrogen) atoms. The third kappa shape index (κ3) is 5.33. The van der Waals surface area contributed by atoms with Crippen molar-refractivity contribution in [2.24, 2.45) is 5.92 Å². The Kier molecular flexibility index (Phi) is 6.66. The monoisotopic (exact) mass is 382 g/mol. The van der Waals surface area contributed by atoms with E-state index in [1.165, 1.54) is 0 Å². The second-order valence-corrected chi connectivity index (χ2v) is 7.17. The fraction of sp³-hybridized carbons (Fsp3) is 0.364. The molecular weight excluding hydrogens is 356 g/mol. The molecule has 0 unspecified atom stereocenters. The van der Waals surface area contributed by atoms with Crippen LogP contribution in [0.1, 0.15) is 34.6 Å². The molecule has 1 heterocycles. The summed E-state index contributed by atoms with van der Waals surface area (Å²) >= 11 is 0. The number of ether oxygens (including phenoxy) is 2. The van der Waals surface area contributed by atoms with Crippen LogP contribution in [0.4, 0.5) is 5.69 Å². The Morgan fingerprint density at radius 3 is 2.21 bits per heavy atom. The van der Waals surface area contributed by atoms with E-state index < -0.39 is 0 Å². The Morgan fingerprint density at radius 1 is 1.00 bits per heavy atom. The Labute approximate surface area is 165 Å². The van der Waals surface area contributed by atoms with E-state index >= 15 is 0 Å². The number of hydrogen-bond donors (Lipinski definition) is 1. The first-order chi connectivity index (χ1) is 13.5. The lowest BCUT2D eigenvalue weighted by Gasteiger charge is -2.26. The first kappa shape index (κ1) is 19.9. The van der Waals surface area contributed by atoms with Crippen LogP contribution in [-0.2, 0) is 4.74 Å². The van der Waals surface area contributed by atoms with E-state index in [-0.39, 0.29) is 11.8 Å². The zero-order valence-corrected chi connectivity index (χ0v) is 16.3. The van der Waals surface area contributed by atoms with Gasteiger partial charge in [0.2, 0.25) is 0 Å². The van der Waals surface area contributed by atoms with E-state index in [1.54, 1.807) is 53.4 Å². The van der Waals surface area contributed by atoms with E-state index in [4.69, 9.17) is 9.47 Å². The molecule has 0 bridgehead atoms. The highest BCUT2D eigenvalue weighted by Crippen LogP contribution is 2.16. The number of hydrogen-bond acceptors (Lipinski definition) is 4. The van der Waals surface area contributed by atoms with Crippen LogP contribution in [0.5, 0.6) is 5.75 Å². The van der Waals surface area contributed by atoms with Gasteiger partial charge in [-0.3, -0.25) is 9.59 Å². The zero-order chi connectivity index (χ0) is 19.9. The van der Waals surface area contributed by atoms with Crippen LogP contribution in [0.3, 0.4) is 0 Å². The van der Waals surface area contributed by atoms with Gasteiger partial charge < -0.3 is 19.7 Å². The summed E-state index contributed by atoms with van der Waals surface area (Å²) in [6.07, 6.45) is 0. The first-order valence-corrected chi connectivity index (χ1v) is 9.54. The molecule has 0 aromatic heterocycles.